The van der Waals surface area contributed by atoms with Gasteiger partial charge < -0.3 is 5.11 Å². The largest absolute Gasteiger partial charge is 0.508 e. The minimum absolute atomic E-state index is 0.398. The van der Waals surface area contributed by atoms with Crippen molar-refractivity contribution < 1.29 is 5.11 Å². The summed E-state index contributed by atoms with van der Waals surface area (Å²) in [6.45, 7) is 0. The summed E-state index contributed by atoms with van der Waals surface area (Å²) in [6, 6.07) is 8.00. The average Bonchev–Trinajstić information content (AvgIpc) is 2.29. The molecule has 2 aliphatic heterocycles. The predicted molar refractivity (Wildman–Crippen MR) is 69.0 cm³/mol. The van der Waals surface area contributed by atoms with E-state index in [1.165, 1.54) is 43.4 Å². The molecule has 0 unspecified atom stereocenters. The molecule has 3 rings (SSSR count). The third kappa shape index (κ3) is 1.84. The van der Waals surface area contributed by atoms with Gasteiger partial charge in [-0.3, -0.25) is 0 Å². The fraction of sp³-hybridized carbons (Fsp3) is 0.571. The summed E-state index contributed by atoms with van der Waals surface area (Å²) >= 11 is 0. The van der Waals surface area contributed by atoms with E-state index in [4.69, 9.17) is 0 Å². The van der Waals surface area contributed by atoms with Crippen LogP contribution in [0.5, 0.6) is 5.75 Å². The van der Waals surface area contributed by atoms with Crippen molar-refractivity contribution in [1.82, 2.24) is 0 Å². The molecule has 0 aliphatic carbocycles. The Morgan fingerprint density at radius 2 is 1.38 bits per heavy atom. The standard InChI is InChI=1S/C14H18OS/c15-11-7-9-14(10-8-11)16-12-3-1-4-13(16)6-2-5-12/h7-10,12-13H,1-6H2/p+1. The van der Waals surface area contributed by atoms with E-state index in [0.717, 1.165) is 10.5 Å². The normalized spacial score (nSPS) is 33.6. The second kappa shape index (κ2) is 4.33. The van der Waals surface area contributed by atoms with Crippen molar-refractivity contribution in [2.45, 2.75) is 53.9 Å². The molecule has 2 bridgehead atoms. The maximum atomic E-state index is 9.36. The monoisotopic (exact) mass is 235 g/mol. The number of aromatic hydroxyl groups is 1. The van der Waals surface area contributed by atoms with Crippen molar-refractivity contribution in [3.8, 4) is 5.75 Å². The average molecular weight is 235 g/mol. The number of rotatable bonds is 1. The molecule has 2 aliphatic rings. The topological polar surface area (TPSA) is 20.2 Å². The molecule has 2 saturated heterocycles. The van der Waals surface area contributed by atoms with Crippen LogP contribution in [-0.2, 0) is 10.9 Å². The minimum atomic E-state index is 0.398. The summed E-state index contributed by atoms with van der Waals surface area (Å²) in [5.41, 5.74) is 0. The maximum absolute atomic E-state index is 9.36. The Morgan fingerprint density at radius 3 is 1.88 bits per heavy atom. The van der Waals surface area contributed by atoms with Gasteiger partial charge in [0.15, 0.2) is 4.90 Å². The van der Waals surface area contributed by atoms with Crippen LogP contribution in [0.2, 0.25) is 0 Å². The van der Waals surface area contributed by atoms with Gasteiger partial charge in [0.25, 0.3) is 0 Å². The fourth-order valence-electron chi connectivity index (χ4n) is 3.20. The SMILES string of the molecule is Oc1ccc([S+]2C3CCCC2CCC3)cc1. The molecule has 2 heterocycles. The highest BCUT2D eigenvalue weighted by atomic mass is 32.2. The van der Waals surface area contributed by atoms with Crippen LogP contribution in [0.1, 0.15) is 38.5 Å². The predicted octanol–water partition coefficient (Wildman–Crippen LogP) is 3.47. The fourth-order valence-corrected chi connectivity index (χ4v) is 6.65. The Hall–Kier alpha value is -0.630. The number of phenolic OH excluding ortho intramolecular Hbond substituents is 1. The lowest BCUT2D eigenvalue weighted by Gasteiger charge is -2.34. The van der Waals surface area contributed by atoms with Crippen molar-refractivity contribution in [1.29, 1.82) is 0 Å². The molecule has 1 aromatic carbocycles. The second-order valence-electron chi connectivity index (χ2n) is 4.97. The van der Waals surface area contributed by atoms with E-state index in [1.807, 2.05) is 12.1 Å². The lowest BCUT2D eigenvalue weighted by atomic mass is 9.99. The van der Waals surface area contributed by atoms with Crippen molar-refractivity contribution in [3.05, 3.63) is 24.3 Å². The van der Waals surface area contributed by atoms with E-state index in [2.05, 4.69) is 12.1 Å². The number of phenols is 1. The molecule has 1 aromatic rings. The third-order valence-electron chi connectivity index (χ3n) is 3.93. The van der Waals surface area contributed by atoms with Gasteiger partial charge in [0.2, 0.25) is 0 Å². The van der Waals surface area contributed by atoms with Gasteiger partial charge in [-0.15, -0.1) is 0 Å². The first-order valence-corrected chi connectivity index (χ1v) is 7.70. The van der Waals surface area contributed by atoms with Crippen molar-refractivity contribution >= 4 is 10.9 Å². The van der Waals surface area contributed by atoms with E-state index in [9.17, 15) is 5.11 Å². The molecule has 0 radical (unpaired) electrons. The highest BCUT2D eigenvalue weighted by Gasteiger charge is 2.45. The number of hydrogen-bond donors (Lipinski definition) is 1. The zero-order chi connectivity index (χ0) is 11.0. The Bertz CT molecular complexity index is 338. The highest BCUT2D eigenvalue weighted by Crippen LogP contribution is 2.42. The first kappa shape index (κ1) is 10.5. The number of fused-ring (bicyclic) bond motifs is 2. The quantitative estimate of drug-likeness (QED) is 0.739. The van der Waals surface area contributed by atoms with Gasteiger partial charge in [0.05, 0.1) is 0 Å². The van der Waals surface area contributed by atoms with Crippen molar-refractivity contribution in [2.24, 2.45) is 0 Å². The minimum Gasteiger partial charge on any atom is -0.508 e. The summed E-state index contributed by atoms with van der Waals surface area (Å²) in [6.07, 6.45) is 8.61. The summed E-state index contributed by atoms with van der Waals surface area (Å²) < 4.78 is 0. The smallest absolute Gasteiger partial charge is 0.155 e. The Labute approximate surface area is 100 Å². The van der Waals surface area contributed by atoms with Crippen molar-refractivity contribution in [2.75, 3.05) is 0 Å². The van der Waals surface area contributed by atoms with Crippen LogP contribution in [0.3, 0.4) is 0 Å². The van der Waals surface area contributed by atoms with Crippen LogP contribution in [0.15, 0.2) is 29.2 Å². The molecule has 0 saturated carbocycles. The summed E-state index contributed by atoms with van der Waals surface area (Å²) in [4.78, 5) is 1.49. The third-order valence-corrected chi connectivity index (χ3v) is 7.13. The molecule has 1 nitrogen and oxygen atoms in total. The molecule has 1 N–H and O–H groups in total. The van der Waals surface area contributed by atoms with Crippen LogP contribution >= 0.6 is 0 Å². The molecule has 16 heavy (non-hydrogen) atoms. The van der Waals surface area contributed by atoms with E-state index < -0.39 is 0 Å². The van der Waals surface area contributed by atoms with Gasteiger partial charge in [-0.1, -0.05) is 0 Å². The molecular weight excluding hydrogens is 216 g/mol. The van der Waals surface area contributed by atoms with Gasteiger partial charge in [-0.2, -0.15) is 0 Å². The molecule has 0 amide bonds. The summed E-state index contributed by atoms with van der Waals surface area (Å²) in [5, 5.41) is 11.2. The Balaban J connectivity index is 1.89. The second-order valence-corrected chi connectivity index (χ2v) is 7.52. The van der Waals surface area contributed by atoms with E-state index >= 15 is 0 Å². The van der Waals surface area contributed by atoms with Gasteiger partial charge in [-0.25, -0.2) is 0 Å². The van der Waals surface area contributed by atoms with E-state index in [0.29, 0.717) is 16.6 Å². The Kier molecular flexibility index (Phi) is 2.84. The van der Waals surface area contributed by atoms with Crippen LogP contribution in [0, 0.1) is 0 Å². The first-order chi connectivity index (χ1) is 7.84. The lowest BCUT2D eigenvalue weighted by Crippen LogP contribution is -2.40. The molecule has 86 valence electrons. The van der Waals surface area contributed by atoms with E-state index in [1.54, 1.807) is 0 Å². The molecule has 0 atom stereocenters. The molecule has 2 fully saturated rings. The van der Waals surface area contributed by atoms with Crippen LogP contribution < -0.4 is 0 Å². The molecular formula is C14H19OS+. The van der Waals surface area contributed by atoms with Crippen LogP contribution in [-0.4, -0.2) is 15.6 Å². The molecule has 0 spiro atoms. The zero-order valence-electron chi connectivity index (χ0n) is 9.56. The van der Waals surface area contributed by atoms with Crippen molar-refractivity contribution in [3.63, 3.8) is 0 Å². The Morgan fingerprint density at radius 1 is 0.875 bits per heavy atom. The lowest BCUT2D eigenvalue weighted by molar-refractivity contribution is 0.473. The molecule has 0 aromatic heterocycles. The molecule has 2 heteroatoms. The number of benzene rings is 1. The zero-order valence-corrected chi connectivity index (χ0v) is 10.4. The highest BCUT2D eigenvalue weighted by molar-refractivity contribution is 7.98. The van der Waals surface area contributed by atoms with Gasteiger partial charge >= 0.3 is 0 Å². The van der Waals surface area contributed by atoms with Crippen LogP contribution in [0.4, 0.5) is 0 Å². The summed E-state index contributed by atoms with van der Waals surface area (Å²) in [5.74, 6) is 0.398. The van der Waals surface area contributed by atoms with Gasteiger partial charge in [0.1, 0.15) is 16.2 Å². The maximum Gasteiger partial charge on any atom is 0.155 e. The first-order valence-electron chi connectivity index (χ1n) is 6.35. The van der Waals surface area contributed by atoms with Gasteiger partial charge in [0, 0.05) is 10.9 Å². The number of hydrogen-bond acceptors (Lipinski definition) is 1. The summed E-state index contributed by atoms with van der Waals surface area (Å²) in [7, 11) is 0.477. The van der Waals surface area contributed by atoms with Gasteiger partial charge in [-0.05, 0) is 62.8 Å². The van der Waals surface area contributed by atoms with E-state index in [-0.39, 0.29) is 0 Å². The van der Waals surface area contributed by atoms with Crippen LogP contribution in [0.25, 0.3) is 0 Å².